The summed E-state index contributed by atoms with van der Waals surface area (Å²) in [5.41, 5.74) is -0.106. The summed E-state index contributed by atoms with van der Waals surface area (Å²) >= 11 is 0. The van der Waals surface area contributed by atoms with Crippen molar-refractivity contribution in [3.05, 3.63) is 34.2 Å². The Hall–Kier alpha value is -1.62. The van der Waals surface area contributed by atoms with Crippen molar-refractivity contribution in [1.82, 2.24) is 10.3 Å². The number of nitrogens with one attached hydrogen (secondary N) is 2. The lowest BCUT2D eigenvalue weighted by molar-refractivity contribution is 0.0826. The summed E-state index contributed by atoms with van der Waals surface area (Å²) in [6.45, 7) is 3.39. The van der Waals surface area contributed by atoms with Gasteiger partial charge in [-0.25, -0.2) is 0 Å². The summed E-state index contributed by atoms with van der Waals surface area (Å²) in [6.07, 6.45) is 5.08. The van der Waals surface area contributed by atoms with E-state index in [9.17, 15) is 9.59 Å². The van der Waals surface area contributed by atoms with Crippen LogP contribution >= 0.6 is 0 Å². The molecule has 2 unspecified atom stereocenters. The first-order valence-corrected chi connectivity index (χ1v) is 6.29. The topological polar surface area (TPSA) is 71.2 Å². The highest BCUT2D eigenvalue weighted by Gasteiger charge is 2.27. The van der Waals surface area contributed by atoms with E-state index < -0.39 is 0 Å². The Morgan fingerprint density at radius 2 is 2.44 bits per heavy atom. The Morgan fingerprint density at radius 3 is 3.17 bits per heavy atom. The highest BCUT2D eigenvalue weighted by molar-refractivity contribution is 5.93. The van der Waals surface area contributed by atoms with E-state index in [1.165, 1.54) is 18.5 Å². The van der Waals surface area contributed by atoms with Crippen molar-refractivity contribution < 1.29 is 9.53 Å². The summed E-state index contributed by atoms with van der Waals surface area (Å²) in [5.74, 6) is 0.0281. The largest absolute Gasteiger partial charge is 0.378 e. The van der Waals surface area contributed by atoms with Crippen LogP contribution in [0.3, 0.4) is 0 Å². The number of carbonyl (C=O) groups excluding carboxylic acids is 1. The number of carbonyl (C=O) groups is 1. The number of rotatable bonds is 4. The molecule has 18 heavy (non-hydrogen) atoms. The Morgan fingerprint density at radius 1 is 1.61 bits per heavy atom. The third kappa shape index (κ3) is 2.79. The quantitative estimate of drug-likeness (QED) is 0.834. The molecule has 5 nitrogen and oxygen atoms in total. The van der Waals surface area contributed by atoms with Crippen LogP contribution in [0.1, 0.15) is 30.1 Å². The molecule has 1 aromatic rings. The van der Waals surface area contributed by atoms with Gasteiger partial charge in [0.25, 0.3) is 5.91 Å². The minimum atomic E-state index is -0.321. The van der Waals surface area contributed by atoms with E-state index in [4.69, 9.17) is 4.74 Å². The fourth-order valence-electron chi connectivity index (χ4n) is 2.29. The lowest BCUT2D eigenvalue weighted by atomic mass is 9.99. The molecule has 0 aromatic carbocycles. The predicted molar refractivity (Wildman–Crippen MR) is 67.5 cm³/mol. The third-order valence-electron chi connectivity index (χ3n) is 3.34. The number of aromatic amines is 1. The van der Waals surface area contributed by atoms with Gasteiger partial charge < -0.3 is 15.0 Å². The molecule has 1 aromatic heterocycles. The molecule has 2 rings (SSSR count). The van der Waals surface area contributed by atoms with Gasteiger partial charge in [0.05, 0.1) is 6.10 Å². The van der Waals surface area contributed by atoms with Crippen LogP contribution in [0.4, 0.5) is 0 Å². The van der Waals surface area contributed by atoms with Gasteiger partial charge in [-0.1, -0.05) is 6.92 Å². The van der Waals surface area contributed by atoms with Crippen molar-refractivity contribution >= 4 is 5.91 Å². The molecular formula is C13H18N2O3. The highest BCUT2D eigenvalue weighted by atomic mass is 16.5. The van der Waals surface area contributed by atoms with Crippen LogP contribution in [0.5, 0.6) is 0 Å². The van der Waals surface area contributed by atoms with Crippen LogP contribution in [0.15, 0.2) is 23.3 Å². The summed E-state index contributed by atoms with van der Waals surface area (Å²) in [7, 11) is 0. The average Bonchev–Trinajstić information content (AvgIpc) is 2.84. The molecule has 5 heteroatoms. The van der Waals surface area contributed by atoms with Crippen molar-refractivity contribution in [2.24, 2.45) is 5.92 Å². The zero-order valence-corrected chi connectivity index (χ0v) is 10.4. The third-order valence-corrected chi connectivity index (χ3v) is 3.34. The maximum atomic E-state index is 11.8. The molecule has 98 valence electrons. The molecule has 0 radical (unpaired) electrons. The van der Waals surface area contributed by atoms with Gasteiger partial charge in [0, 0.05) is 37.5 Å². The summed E-state index contributed by atoms with van der Waals surface area (Å²) in [5, 5.41) is 2.81. The van der Waals surface area contributed by atoms with Gasteiger partial charge in [-0.3, -0.25) is 9.59 Å². The fraction of sp³-hybridized carbons (Fsp3) is 0.538. The van der Waals surface area contributed by atoms with Crippen molar-refractivity contribution in [3.63, 3.8) is 0 Å². The SMILES string of the molecule is CCC1OCCC1CNC(=O)c1c[nH]ccc1=O. The second-order valence-corrected chi connectivity index (χ2v) is 4.50. The Bertz CT molecular complexity index is 469. The second kappa shape index (κ2) is 5.82. The maximum absolute atomic E-state index is 11.8. The predicted octanol–water partition coefficient (Wildman–Crippen LogP) is 0.920. The molecule has 0 spiro atoms. The standard InChI is InChI=1S/C13H18N2O3/c1-2-12-9(4-6-18-12)7-15-13(17)10-8-14-5-3-11(10)16/h3,5,8-9,12H,2,4,6-7H2,1H3,(H,14,16)(H,15,17). The molecule has 0 bridgehead atoms. The van der Waals surface area contributed by atoms with E-state index >= 15 is 0 Å². The van der Waals surface area contributed by atoms with Gasteiger partial charge in [0.2, 0.25) is 0 Å². The molecule has 1 aliphatic rings. The molecule has 2 heterocycles. The molecule has 0 saturated carbocycles. The molecule has 1 amide bonds. The van der Waals surface area contributed by atoms with E-state index in [1.807, 2.05) is 0 Å². The van der Waals surface area contributed by atoms with Crippen LogP contribution in [0.25, 0.3) is 0 Å². The van der Waals surface area contributed by atoms with Crippen molar-refractivity contribution in [2.75, 3.05) is 13.2 Å². The second-order valence-electron chi connectivity index (χ2n) is 4.50. The minimum Gasteiger partial charge on any atom is -0.378 e. The van der Waals surface area contributed by atoms with Crippen LogP contribution < -0.4 is 10.7 Å². The molecule has 2 atom stereocenters. The highest BCUT2D eigenvalue weighted by Crippen LogP contribution is 2.22. The number of hydrogen-bond acceptors (Lipinski definition) is 3. The van der Waals surface area contributed by atoms with Gasteiger partial charge in [0.1, 0.15) is 5.56 Å². The van der Waals surface area contributed by atoms with E-state index in [0.29, 0.717) is 12.5 Å². The van der Waals surface area contributed by atoms with E-state index in [0.717, 1.165) is 19.4 Å². The van der Waals surface area contributed by atoms with E-state index in [-0.39, 0.29) is 23.0 Å². The van der Waals surface area contributed by atoms with Crippen molar-refractivity contribution in [1.29, 1.82) is 0 Å². The first kappa shape index (κ1) is 12.8. The van der Waals surface area contributed by atoms with Crippen molar-refractivity contribution in [2.45, 2.75) is 25.9 Å². The first-order chi connectivity index (χ1) is 8.72. The summed E-state index contributed by atoms with van der Waals surface area (Å²) in [6, 6.07) is 1.35. The molecule has 2 N–H and O–H groups in total. The zero-order valence-electron chi connectivity index (χ0n) is 10.4. The molecular weight excluding hydrogens is 232 g/mol. The van der Waals surface area contributed by atoms with Crippen molar-refractivity contribution in [3.8, 4) is 0 Å². The lowest BCUT2D eigenvalue weighted by Crippen LogP contribution is -2.34. The van der Waals surface area contributed by atoms with Gasteiger partial charge in [0.15, 0.2) is 5.43 Å². The normalized spacial score (nSPS) is 22.9. The Balaban J connectivity index is 1.93. The number of pyridine rings is 1. The smallest absolute Gasteiger partial charge is 0.256 e. The molecule has 1 saturated heterocycles. The van der Waals surface area contributed by atoms with Crippen LogP contribution in [0.2, 0.25) is 0 Å². The van der Waals surface area contributed by atoms with Gasteiger partial charge in [-0.15, -0.1) is 0 Å². The fourth-order valence-corrected chi connectivity index (χ4v) is 2.29. The lowest BCUT2D eigenvalue weighted by Gasteiger charge is -2.17. The van der Waals surface area contributed by atoms with E-state index in [2.05, 4.69) is 17.2 Å². The monoisotopic (exact) mass is 250 g/mol. The minimum absolute atomic E-state index is 0.157. The van der Waals surface area contributed by atoms with Crippen LogP contribution in [0, 0.1) is 5.92 Å². The van der Waals surface area contributed by atoms with Gasteiger partial charge in [-0.05, 0) is 12.8 Å². The zero-order chi connectivity index (χ0) is 13.0. The number of hydrogen-bond donors (Lipinski definition) is 2. The van der Waals surface area contributed by atoms with Gasteiger partial charge in [-0.2, -0.15) is 0 Å². The van der Waals surface area contributed by atoms with Crippen LogP contribution in [-0.4, -0.2) is 30.1 Å². The summed E-state index contributed by atoms with van der Waals surface area (Å²) < 4.78 is 5.56. The summed E-state index contributed by atoms with van der Waals surface area (Å²) in [4.78, 5) is 26.1. The Labute approximate surface area is 106 Å². The number of H-pyrrole nitrogens is 1. The maximum Gasteiger partial charge on any atom is 0.256 e. The number of amides is 1. The van der Waals surface area contributed by atoms with E-state index in [1.54, 1.807) is 0 Å². The van der Waals surface area contributed by atoms with Gasteiger partial charge >= 0.3 is 0 Å². The molecule has 1 fully saturated rings. The molecule has 0 aliphatic carbocycles. The number of aromatic nitrogens is 1. The Kier molecular flexibility index (Phi) is 4.15. The number of ether oxygens (including phenoxy) is 1. The first-order valence-electron chi connectivity index (χ1n) is 6.29. The molecule has 1 aliphatic heterocycles. The van der Waals surface area contributed by atoms with Crippen LogP contribution in [-0.2, 0) is 4.74 Å². The average molecular weight is 250 g/mol.